The van der Waals surface area contributed by atoms with Crippen LogP contribution in [0.3, 0.4) is 0 Å². The summed E-state index contributed by atoms with van der Waals surface area (Å²) < 4.78 is 13.7. The zero-order chi connectivity index (χ0) is 14.5. The molecule has 2 nitrogen and oxygen atoms in total. The average Bonchev–Trinajstić information content (AvgIpc) is 2.47. The molecule has 1 N–H and O–H groups in total. The minimum absolute atomic E-state index is 0.216. The molecule has 0 heterocycles. The number of carbonyl (C=O) groups is 1. The molecule has 0 aromatic heterocycles. The van der Waals surface area contributed by atoms with Gasteiger partial charge in [0.1, 0.15) is 11.9 Å². The van der Waals surface area contributed by atoms with Crippen molar-refractivity contribution >= 4 is 21.7 Å². The van der Waals surface area contributed by atoms with E-state index >= 15 is 0 Å². The molecule has 0 bridgehead atoms. The maximum Gasteiger partial charge on any atom is 0.166 e. The molecular weight excluding hydrogens is 323 g/mol. The number of aliphatic hydroxyl groups excluding tert-OH is 1. The first kappa shape index (κ1) is 14.9. The lowest BCUT2D eigenvalue weighted by Crippen LogP contribution is -2.13. The van der Waals surface area contributed by atoms with E-state index in [-0.39, 0.29) is 17.8 Å². The van der Waals surface area contributed by atoms with Crippen LogP contribution < -0.4 is 0 Å². The molecule has 0 fully saturated rings. The fourth-order valence-electron chi connectivity index (χ4n) is 1.95. The fraction of sp³-hybridized carbons (Fsp3) is 0.188. The second-order valence-corrected chi connectivity index (χ2v) is 5.37. The Morgan fingerprint density at radius 3 is 2.60 bits per heavy atom. The fourth-order valence-corrected chi connectivity index (χ4v) is 2.41. The number of hydrogen-bond donors (Lipinski definition) is 1. The largest absolute Gasteiger partial charge is 0.381 e. The standard InChI is InChI=1S/C16H14BrFO2/c17-14-8-7-12(18)10-13(14)16(20)15(19)9-6-11-4-2-1-3-5-11/h1-5,7-8,10,16,20H,6,9H2. The van der Waals surface area contributed by atoms with Crippen molar-refractivity contribution in [3.63, 3.8) is 0 Å². The van der Waals surface area contributed by atoms with Crippen molar-refractivity contribution in [2.24, 2.45) is 0 Å². The minimum Gasteiger partial charge on any atom is -0.381 e. The van der Waals surface area contributed by atoms with Crippen molar-refractivity contribution in [3.8, 4) is 0 Å². The predicted molar refractivity (Wildman–Crippen MR) is 78.8 cm³/mol. The molecule has 0 aliphatic heterocycles. The lowest BCUT2D eigenvalue weighted by molar-refractivity contribution is -0.127. The first-order valence-corrected chi connectivity index (χ1v) is 7.07. The Labute approximate surface area is 125 Å². The summed E-state index contributed by atoms with van der Waals surface area (Å²) in [5.74, 6) is -0.793. The van der Waals surface area contributed by atoms with Crippen molar-refractivity contribution in [3.05, 3.63) is 69.9 Å². The molecule has 2 aromatic rings. The van der Waals surface area contributed by atoms with Gasteiger partial charge in [0, 0.05) is 16.5 Å². The van der Waals surface area contributed by atoms with Gasteiger partial charge in [0.25, 0.3) is 0 Å². The highest BCUT2D eigenvalue weighted by molar-refractivity contribution is 9.10. The normalized spacial score (nSPS) is 12.2. The van der Waals surface area contributed by atoms with Crippen LogP contribution in [-0.2, 0) is 11.2 Å². The molecule has 0 aliphatic rings. The number of hydrogen-bond acceptors (Lipinski definition) is 2. The quantitative estimate of drug-likeness (QED) is 0.901. The van der Waals surface area contributed by atoms with Crippen LogP contribution in [0.15, 0.2) is 53.0 Å². The van der Waals surface area contributed by atoms with Crippen molar-refractivity contribution < 1.29 is 14.3 Å². The molecule has 0 radical (unpaired) electrons. The third kappa shape index (κ3) is 3.74. The average molecular weight is 337 g/mol. The summed E-state index contributed by atoms with van der Waals surface area (Å²) in [6.45, 7) is 0. The van der Waals surface area contributed by atoms with Crippen molar-refractivity contribution in [2.45, 2.75) is 18.9 Å². The molecule has 1 unspecified atom stereocenters. The first-order valence-electron chi connectivity index (χ1n) is 6.27. The van der Waals surface area contributed by atoms with Gasteiger partial charge in [0.2, 0.25) is 0 Å². The van der Waals surface area contributed by atoms with Crippen LogP contribution in [0.1, 0.15) is 23.7 Å². The van der Waals surface area contributed by atoms with Crippen LogP contribution >= 0.6 is 15.9 Å². The number of halogens is 2. The Bertz CT molecular complexity index is 599. The molecule has 1 atom stereocenters. The maximum absolute atomic E-state index is 13.2. The first-order chi connectivity index (χ1) is 9.58. The third-order valence-electron chi connectivity index (χ3n) is 3.06. The highest BCUT2D eigenvalue weighted by atomic mass is 79.9. The van der Waals surface area contributed by atoms with Gasteiger partial charge in [0.05, 0.1) is 0 Å². The summed E-state index contributed by atoms with van der Waals surface area (Å²) in [7, 11) is 0. The SMILES string of the molecule is O=C(CCc1ccccc1)C(O)c1cc(F)ccc1Br. The number of aryl methyl sites for hydroxylation is 1. The van der Waals surface area contributed by atoms with Crippen LogP contribution in [-0.4, -0.2) is 10.9 Å². The van der Waals surface area contributed by atoms with Gasteiger partial charge < -0.3 is 5.11 Å². The summed E-state index contributed by atoms with van der Waals surface area (Å²) in [6, 6.07) is 13.5. The second kappa shape index (κ2) is 6.77. The molecule has 0 saturated carbocycles. The van der Waals surface area contributed by atoms with Gasteiger partial charge in [-0.3, -0.25) is 4.79 Å². The van der Waals surface area contributed by atoms with E-state index in [1.165, 1.54) is 18.2 Å². The van der Waals surface area contributed by atoms with E-state index in [4.69, 9.17) is 0 Å². The molecule has 2 aromatic carbocycles. The van der Waals surface area contributed by atoms with Gasteiger partial charge in [-0.1, -0.05) is 46.3 Å². The van der Waals surface area contributed by atoms with Gasteiger partial charge in [-0.25, -0.2) is 4.39 Å². The number of aliphatic hydroxyl groups is 1. The Hall–Kier alpha value is -1.52. The van der Waals surface area contributed by atoms with Gasteiger partial charge in [-0.05, 0) is 30.2 Å². The number of benzene rings is 2. The molecule has 0 amide bonds. The molecule has 0 saturated heterocycles. The van der Waals surface area contributed by atoms with E-state index in [0.29, 0.717) is 10.9 Å². The minimum atomic E-state index is -1.30. The van der Waals surface area contributed by atoms with E-state index in [1.807, 2.05) is 30.3 Å². The van der Waals surface area contributed by atoms with E-state index in [9.17, 15) is 14.3 Å². The topological polar surface area (TPSA) is 37.3 Å². The highest BCUT2D eigenvalue weighted by Gasteiger charge is 2.20. The van der Waals surface area contributed by atoms with Gasteiger partial charge in [0.15, 0.2) is 5.78 Å². The van der Waals surface area contributed by atoms with Crippen LogP contribution in [0.2, 0.25) is 0 Å². The molecular formula is C16H14BrFO2. The van der Waals surface area contributed by atoms with Gasteiger partial charge >= 0.3 is 0 Å². The lowest BCUT2D eigenvalue weighted by Gasteiger charge is -2.12. The van der Waals surface area contributed by atoms with Crippen molar-refractivity contribution in [1.82, 2.24) is 0 Å². The second-order valence-electron chi connectivity index (χ2n) is 4.52. The zero-order valence-corrected chi connectivity index (χ0v) is 12.3. The summed E-state index contributed by atoms with van der Waals surface area (Å²) >= 11 is 3.22. The monoisotopic (exact) mass is 336 g/mol. The van der Waals surface area contributed by atoms with Crippen molar-refractivity contribution in [1.29, 1.82) is 0 Å². The number of carbonyl (C=O) groups excluding carboxylic acids is 1. The predicted octanol–water partition coefficient (Wildman–Crippen LogP) is 3.82. The lowest BCUT2D eigenvalue weighted by atomic mass is 10.00. The zero-order valence-electron chi connectivity index (χ0n) is 10.7. The molecule has 0 spiro atoms. The van der Waals surface area contributed by atoms with Crippen LogP contribution in [0.5, 0.6) is 0 Å². The van der Waals surface area contributed by atoms with Crippen LogP contribution in [0.4, 0.5) is 4.39 Å². The number of ketones is 1. The smallest absolute Gasteiger partial charge is 0.166 e. The molecule has 20 heavy (non-hydrogen) atoms. The molecule has 0 aliphatic carbocycles. The molecule has 4 heteroatoms. The Morgan fingerprint density at radius 2 is 1.90 bits per heavy atom. The van der Waals surface area contributed by atoms with Crippen LogP contribution in [0, 0.1) is 5.82 Å². The van der Waals surface area contributed by atoms with Gasteiger partial charge in [-0.15, -0.1) is 0 Å². The third-order valence-corrected chi connectivity index (χ3v) is 3.78. The number of rotatable bonds is 5. The van der Waals surface area contributed by atoms with E-state index < -0.39 is 11.9 Å². The van der Waals surface area contributed by atoms with Gasteiger partial charge in [-0.2, -0.15) is 0 Å². The highest BCUT2D eigenvalue weighted by Crippen LogP contribution is 2.26. The summed E-state index contributed by atoms with van der Waals surface area (Å²) in [6.07, 6.45) is -0.526. The Kier molecular flexibility index (Phi) is 5.04. The number of Topliss-reactive ketones (excluding diaryl/α,β-unsaturated/α-hetero) is 1. The molecule has 2 rings (SSSR count). The molecule has 104 valence electrons. The Morgan fingerprint density at radius 1 is 1.20 bits per heavy atom. The summed E-state index contributed by atoms with van der Waals surface area (Å²) in [5, 5.41) is 10.0. The Balaban J connectivity index is 2.03. The summed E-state index contributed by atoms with van der Waals surface area (Å²) in [5.41, 5.74) is 1.30. The van der Waals surface area contributed by atoms with Crippen molar-refractivity contribution in [2.75, 3.05) is 0 Å². The maximum atomic E-state index is 13.2. The van der Waals surface area contributed by atoms with E-state index in [0.717, 1.165) is 5.56 Å². The van der Waals surface area contributed by atoms with E-state index in [1.54, 1.807) is 0 Å². The van der Waals surface area contributed by atoms with E-state index in [2.05, 4.69) is 15.9 Å². The summed E-state index contributed by atoms with van der Waals surface area (Å²) in [4.78, 5) is 12.0. The van der Waals surface area contributed by atoms with Crippen LogP contribution in [0.25, 0.3) is 0 Å².